The topological polar surface area (TPSA) is 54.9 Å². The van der Waals surface area contributed by atoms with Crippen LogP contribution in [-0.4, -0.2) is 9.55 Å². The van der Waals surface area contributed by atoms with E-state index in [0.29, 0.717) is 4.57 Å². The van der Waals surface area contributed by atoms with Gasteiger partial charge in [-0.25, -0.2) is 9.36 Å². The van der Waals surface area contributed by atoms with Gasteiger partial charge in [0.1, 0.15) is 0 Å². The molecule has 0 spiro atoms. The van der Waals surface area contributed by atoms with Gasteiger partial charge in [0.15, 0.2) is 5.15 Å². The Morgan fingerprint density at radius 3 is 2.39 bits per heavy atom. The summed E-state index contributed by atoms with van der Waals surface area (Å²) in [5.74, 6) is -1.25. The standard InChI is InChI=1S/C10H4Cl3FN2O2/c11-5-2-1-4(3-6(5)12)16-9(17)7(14)8(13)15-10(16)18/h1-3H,(H,15,18). The maximum Gasteiger partial charge on any atom is 0.334 e. The van der Waals surface area contributed by atoms with E-state index in [4.69, 9.17) is 34.8 Å². The average molecular weight is 310 g/mol. The number of halogens is 4. The van der Waals surface area contributed by atoms with E-state index in [1.165, 1.54) is 18.2 Å². The second-order valence-corrected chi connectivity index (χ2v) is 4.49. The summed E-state index contributed by atoms with van der Waals surface area (Å²) < 4.78 is 13.9. The molecule has 0 bridgehead atoms. The highest BCUT2D eigenvalue weighted by atomic mass is 35.5. The maximum absolute atomic E-state index is 13.3. The van der Waals surface area contributed by atoms with Crippen molar-refractivity contribution in [3.63, 3.8) is 0 Å². The lowest BCUT2D eigenvalue weighted by Gasteiger charge is -2.06. The Balaban J connectivity index is 2.80. The Hall–Kier alpha value is -1.30. The fourth-order valence-corrected chi connectivity index (χ4v) is 1.80. The van der Waals surface area contributed by atoms with Gasteiger partial charge < -0.3 is 0 Å². The molecule has 0 aliphatic carbocycles. The molecular weight excluding hydrogens is 305 g/mol. The summed E-state index contributed by atoms with van der Waals surface area (Å²) in [6.07, 6.45) is 0. The van der Waals surface area contributed by atoms with Crippen LogP contribution in [-0.2, 0) is 0 Å². The van der Waals surface area contributed by atoms with Gasteiger partial charge in [-0.15, -0.1) is 0 Å². The van der Waals surface area contributed by atoms with Crippen molar-refractivity contribution >= 4 is 34.8 Å². The molecule has 2 rings (SSSR count). The van der Waals surface area contributed by atoms with E-state index < -0.39 is 22.2 Å². The first-order chi connectivity index (χ1) is 8.41. The van der Waals surface area contributed by atoms with Crippen molar-refractivity contribution in [2.45, 2.75) is 0 Å². The smallest absolute Gasteiger partial charge is 0.295 e. The number of benzene rings is 1. The van der Waals surface area contributed by atoms with Gasteiger partial charge in [-0.2, -0.15) is 4.39 Å². The molecule has 4 nitrogen and oxygen atoms in total. The first-order valence-corrected chi connectivity index (χ1v) is 5.71. The molecule has 0 aliphatic rings. The van der Waals surface area contributed by atoms with Crippen molar-refractivity contribution in [2.24, 2.45) is 0 Å². The van der Waals surface area contributed by atoms with E-state index in [0.717, 1.165) is 0 Å². The fourth-order valence-electron chi connectivity index (χ4n) is 1.35. The largest absolute Gasteiger partial charge is 0.334 e. The predicted octanol–water partition coefficient (Wildman–Crippen LogP) is 2.63. The Bertz CT molecular complexity index is 739. The molecule has 1 aromatic carbocycles. The summed E-state index contributed by atoms with van der Waals surface area (Å²) >= 11 is 16.8. The lowest BCUT2D eigenvalue weighted by Crippen LogP contribution is -2.35. The van der Waals surface area contributed by atoms with Gasteiger partial charge in [0.2, 0.25) is 5.82 Å². The fraction of sp³-hybridized carbons (Fsp3) is 0. The third-order valence-electron chi connectivity index (χ3n) is 2.16. The van der Waals surface area contributed by atoms with Crippen molar-refractivity contribution < 1.29 is 4.39 Å². The number of hydrogen-bond acceptors (Lipinski definition) is 2. The minimum atomic E-state index is -1.25. The minimum Gasteiger partial charge on any atom is -0.295 e. The molecule has 1 heterocycles. The monoisotopic (exact) mass is 308 g/mol. The molecule has 2 aromatic rings. The molecule has 0 saturated heterocycles. The number of aromatic nitrogens is 2. The van der Waals surface area contributed by atoms with Crippen LogP contribution in [0.3, 0.4) is 0 Å². The third kappa shape index (κ3) is 2.16. The lowest BCUT2D eigenvalue weighted by atomic mass is 10.3. The summed E-state index contributed by atoms with van der Waals surface area (Å²) in [4.78, 5) is 25.2. The van der Waals surface area contributed by atoms with Crippen LogP contribution in [0.4, 0.5) is 4.39 Å². The van der Waals surface area contributed by atoms with E-state index in [1.807, 2.05) is 4.98 Å². The van der Waals surface area contributed by atoms with E-state index >= 15 is 0 Å². The highest BCUT2D eigenvalue weighted by Crippen LogP contribution is 2.23. The van der Waals surface area contributed by atoms with Gasteiger partial charge in [0, 0.05) is 0 Å². The van der Waals surface area contributed by atoms with E-state index in [1.54, 1.807) is 0 Å². The van der Waals surface area contributed by atoms with Crippen LogP contribution in [0.25, 0.3) is 5.69 Å². The average Bonchev–Trinajstić information content (AvgIpc) is 2.31. The molecule has 1 N–H and O–H groups in total. The Labute approximate surface area is 115 Å². The normalized spacial score (nSPS) is 10.7. The van der Waals surface area contributed by atoms with Gasteiger partial charge in [-0.05, 0) is 18.2 Å². The Morgan fingerprint density at radius 2 is 1.78 bits per heavy atom. The van der Waals surface area contributed by atoms with E-state index in [9.17, 15) is 14.0 Å². The molecule has 18 heavy (non-hydrogen) atoms. The molecule has 0 radical (unpaired) electrons. The number of hydrogen-bond donors (Lipinski definition) is 1. The van der Waals surface area contributed by atoms with Crippen LogP contribution in [0.5, 0.6) is 0 Å². The number of rotatable bonds is 1. The van der Waals surface area contributed by atoms with Crippen LogP contribution in [0.15, 0.2) is 27.8 Å². The predicted molar refractivity (Wildman–Crippen MR) is 67.6 cm³/mol. The van der Waals surface area contributed by atoms with Gasteiger partial charge >= 0.3 is 5.69 Å². The molecule has 0 saturated carbocycles. The van der Waals surface area contributed by atoms with Crippen molar-refractivity contribution in [1.82, 2.24) is 9.55 Å². The van der Waals surface area contributed by atoms with Crippen LogP contribution < -0.4 is 11.2 Å². The highest BCUT2D eigenvalue weighted by molar-refractivity contribution is 6.42. The van der Waals surface area contributed by atoms with Gasteiger partial charge in [-0.3, -0.25) is 9.78 Å². The van der Waals surface area contributed by atoms with Gasteiger partial charge in [0.25, 0.3) is 5.56 Å². The van der Waals surface area contributed by atoms with Crippen molar-refractivity contribution in [2.75, 3.05) is 0 Å². The summed E-state index contributed by atoms with van der Waals surface area (Å²) in [5.41, 5.74) is -1.95. The zero-order valence-corrected chi connectivity index (χ0v) is 10.8. The minimum absolute atomic E-state index is 0.0891. The second kappa shape index (κ2) is 4.76. The van der Waals surface area contributed by atoms with E-state index in [-0.39, 0.29) is 15.7 Å². The van der Waals surface area contributed by atoms with Crippen LogP contribution >= 0.6 is 34.8 Å². The highest BCUT2D eigenvalue weighted by Gasteiger charge is 2.14. The molecule has 1 aromatic heterocycles. The van der Waals surface area contributed by atoms with Gasteiger partial charge in [0.05, 0.1) is 15.7 Å². The number of nitrogens with one attached hydrogen (secondary N) is 1. The van der Waals surface area contributed by atoms with Crippen molar-refractivity contribution in [3.05, 3.63) is 60.1 Å². The number of H-pyrrole nitrogens is 1. The SMILES string of the molecule is O=c1[nH]c(Cl)c(F)c(=O)n1-c1ccc(Cl)c(Cl)c1. The molecular formula is C10H4Cl3FN2O2. The Morgan fingerprint density at radius 1 is 1.11 bits per heavy atom. The molecule has 0 aliphatic heterocycles. The molecule has 8 heteroatoms. The molecule has 0 amide bonds. The molecule has 0 unspecified atom stereocenters. The van der Waals surface area contributed by atoms with E-state index in [2.05, 4.69) is 0 Å². The number of aromatic amines is 1. The van der Waals surface area contributed by atoms with Gasteiger partial charge in [-0.1, -0.05) is 34.8 Å². The maximum atomic E-state index is 13.3. The first kappa shape index (κ1) is 13.1. The zero-order valence-electron chi connectivity index (χ0n) is 8.51. The molecule has 0 fully saturated rings. The lowest BCUT2D eigenvalue weighted by molar-refractivity contribution is 0.584. The van der Waals surface area contributed by atoms with Crippen LogP contribution in [0.2, 0.25) is 15.2 Å². The summed E-state index contributed by atoms with van der Waals surface area (Å²) in [6, 6.07) is 4.02. The molecule has 0 atom stereocenters. The van der Waals surface area contributed by atoms with Crippen LogP contribution in [0.1, 0.15) is 0 Å². The Kier molecular flexibility index (Phi) is 3.47. The summed E-state index contributed by atoms with van der Waals surface area (Å²) in [6.45, 7) is 0. The zero-order chi connectivity index (χ0) is 13.4. The molecule has 94 valence electrons. The van der Waals surface area contributed by atoms with Crippen molar-refractivity contribution in [1.29, 1.82) is 0 Å². The third-order valence-corrected chi connectivity index (χ3v) is 3.16. The van der Waals surface area contributed by atoms with Crippen molar-refractivity contribution in [3.8, 4) is 5.69 Å². The first-order valence-electron chi connectivity index (χ1n) is 4.57. The number of nitrogens with zero attached hydrogens (tertiary/aromatic N) is 1. The van der Waals surface area contributed by atoms with Crippen LogP contribution in [0, 0.1) is 5.82 Å². The summed E-state index contributed by atoms with van der Waals surface area (Å²) in [7, 11) is 0. The quantitative estimate of drug-likeness (QED) is 0.823. The summed E-state index contributed by atoms with van der Waals surface area (Å²) in [5, 5.41) is -0.253. The second-order valence-electron chi connectivity index (χ2n) is 3.30.